The summed E-state index contributed by atoms with van der Waals surface area (Å²) in [5, 5.41) is 2.83. The smallest absolute Gasteiger partial charge is 0.255 e. The Kier molecular flexibility index (Phi) is 6.50. The van der Waals surface area contributed by atoms with Crippen LogP contribution in [0.3, 0.4) is 0 Å². The standard InChI is InChI=1S/C25H22N2O3S2/c1-18-6-5-7-21(16-18)23-14-15-24(31-23)32(29,30)26-17-19-10-12-20(13-11-19)25(28)27-22-8-3-2-4-9-22/h2-16,26H,17H2,1H3,(H,27,28). The Morgan fingerprint density at radius 3 is 2.34 bits per heavy atom. The number of rotatable bonds is 7. The Morgan fingerprint density at radius 2 is 1.62 bits per heavy atom. The molecule has 162 valence electrons. The van der Waals surface area contributed by atoms with Crippen LogP contribution in [-0.4, -0.2) is 14.3 Å². The molecule has 0 aliphatic rings. The van der Waals surface area contributed by atoms with Crippen LogP contribution < -0.4 is 10.0 Å². The van der Waals surface area contributed by atoms with E-state index in [1.807, 2.05) is 67.6 Å². The van der Waals surface area contributed by atoms with E-state index in [0.717, 1.165) is 27.3 Å². The first-order chi connectivity index (χ1) is 15.4. The van der Waals surface area contributed by atoms with Crippen molar-refractivity contribution in [2.24, 2.45) is 0 Å². The summed E-state index contributed by atoms with van der Waals surface area (Å²) in [6, 6.07) is 27.5. The van der Waals surface area contributed by atoms with Gasteiger partial charge in [-0.25, -0.2) is 13.1 Å². The second-order valence-corrected chi connectivity index (χ2v) is 10.4. The van der Waals surface area contributed by atoms with Gasteiger partial charge in [0.1, 0.15) is 4.21 Å². The predicted octanol–water partition coefficient (Wildman–Crippen LogP) is 5.45. The number of hydrogen-bond acceptors (Lipinski definition) is 4. The third-order valence-corrected chi connectivity index (χ3v) is 7.89. The Morgan fingerprint density at radius 1 is 0.875 bits per heavy atom. The van der Waals surface area contributed by atoms with Gasteiger partial charge in [0, 0.05) is 22.7 Å². The molecule has 0 aliphatic heterocycles. The molecule has 5 nitrogen and oxygen atoms in total. The second kappa shape index (κ2) is 9.48. The minimum atomic E-state index is -3.63. The van der Waals surface area contributed by atoms with Gasteiger partial charge in [0.15, 0.2) is 0 Å². The highest BCUT2D eigenvalue weighted by Crippen LogP contribution is 2.31. The van der Waals surface area contributed by atoms with Gasteiger partial charge in [-0.05, 0) is 54.4 Å². The average molecular weight is 463 g/mol. The van der Waals surface area contributed by atoms with Gasteiger partial charge in [-0.2, -0.15) is 0 Å². The van der Waals surface area contributed by atoms with E-state index in [9.17, 15) is 13.2 Å². The summed E-state index contributed by atoms with van der Waals surface area (Å²) in [5.41, 5.74) is 4.11. The lowest BCUT2D eigenvalue weighted by Crippen LogP contribution is -2.22. The van der Waals surface area contributed by atoms with Crippen molar-refractivity contribution in [2.75, 3.05) is 5.32 Å². The molecule has 7 heteroatoms. The molecule has 0 fully saturated rings. The van der Waals surface area contributed by atoms with Crippen LogP contribution in [-0.2, 0) is 16.6 Å². The van der Waals surface area contributed by atoms with Crippen molar-refractivity contribution >= 4 is 33.0 Å². The van der Waals surface area contributed by atoms with Crippen molar-refractivity contribution in [3.8, 4) is 10.4 Å². The first-order valence-corrected chi connectivity index (χ1v) is 12.3. The van der Waals surface area contributed by atoms with Crippen LogP contribution >= 0.6 is 11.3 Å². The molecule has 0 bridgehead atoms. The van der Waals surface area contributed by atoms with E-state index in [1.165, 1.54) is 11.3 Å². The number of carbonyl (C=O) groups is 1. The highest BCUT2D eigenvalue weighted by molar-refractivity contribution is 7.91. The van der Waals surface area contributed by atoms with E-state index >= 15 is 0 Å². The van der Waals surface area contributed by atoms with Crippen molar-refractivity contribution < 1.29 is 13.2 Å². The largest absolute Gasteiger partial charge is 0.322 e. The van der Waals surface area contributed by atoms with Crippen molar-refractivity contribution in [3.05, 3.63) is 108 Å². The molecule has 0 unspecified atom stereocenters. The number of benzene rings is 3. The average Bonchev–Trinajstić information content (AvgIpc) is 3.30. The fraction of sp³-hybridized carbons (Fsp3) is 0.0800. The number of carbonyl (C=O) groups excluding carboxylic acids is 1. The number of nitrogens with one attached hydrogen (secondary N) is 2. The molecule has 32 heavy (non-hydrogen) atoms. The number of hydrogen-bond donors (Lipinski definition) is 2. The zero-order valence-electron chi connectivity index (χ0n) is 17.4. The van der Waals surface area contributed by atoms with E-state index in [2.05, 4.69) is 10.0 Å². The molecular formula is C25H22N2O3S2. The van der Waals surface area contributed by atoms with Crippen LogP contribution in [0.2, 0.25) is 0 Å². The summed E-state index contributed by atoms with van der Waals surface area (Å²) >= 11 is 1.24. The zero-order valence-corrected chi connectivity index (χ0v) is 19.0. The van der Waals surface area contributed by atoms with Gasteiger partial charge < -0.3 is 5.32 Å². The van der Waals surface area contributed by atoms with Gasteiger partial charge in [-0.15, -0.1) is 11.3 Å². The molecule has 1 amide bonds. The maximum absolute atomic E-state index is 12.7. The predicted molar refractivity (Wildman–Crippen MR) is 129 cm³/mol. The molecule has 1 aromatic heterocycles. The van der Waals surface area contributed by atoms with E-state index in [1.54, 1.807) is 30.3 Å². The number of aryl methyl sites for hydroxylation is 1. The third-order valence-electron chi connectivity index (χ3n) is 4.86. The van der Waals surface area contributed by atoms with Crippen LogP contribution in [0, 0.1) is 6.92 Å². The molecule has 0 saturated carbocycles. The third kappa shape index (κ3) is 5.31. The highest BCUT2D eigenvalue weighted by atomic mass is 32.2. The van der Waals surface area contributed by atoms with E-state index in [4.69, 9.17) is 0 Å². The molecule has 3 aromatic carbocycles. The molecule has 0 spiro atoms. The second-order valence-electron chi connectivity index (χ2n) is 7.33. The van der Waals surface area contributed by atoms with Crippen molar-refractivity contribution in [1.29, 1.82) is 0 Å². The molecule has 4 aromatic rings. The fourth-order valence-electron chi connectivity index (χ4n) is 3.17. The molecule has 2 N–H and O–H groups in total. The molecule has 0 radical (unpaired) electrons. The van der Waals surface area contributed by atoms with E-state index < -0.39 is 10.0 Å². The Labute approximate surface area is 191 Å². The minimum absolute atomic E-state index is 0.139. The van der Waals surface area contributed by atoms with E-state index in [0.29, 0.717) is 5.56 Å². The quantitative estimate of drug-likeness (QED) is 0.383. The minimum Gasteiger partial charge on any atom is -0.322 e. The number of amides is 1. The highest BCUT2D eigenvalue weighted by Gasteiger charge is 2.17. The summed E-state index contributed by atoms with van der Waals surface area (Å²) in [4.78, 5) is 13.3. The number of sulfonamides is 1. The first kappa shape index (κ1) is 22.0. The monoisotopic (exact) mass is 462 g/mol. The van der Waals surface area contributed by atoms with Gasteiger partial charge in [-0.1, -0.05) is 60.2 Å². The summed E-state index contributed by atoms with van der Waals surface area (Å²) in [6.45, 7) is 2.15. The Bertz CT molecular complexity index is 1330. The van der Waals surface area contributed by atoms with Crippen LogP contribution in [0.4, 0.5) is 5.69 Å². The molecular weight excluding hydrogens is 440 g/mol. The summed E-state index contributed by atoms with van der Waals surface area (Å²) < 4.78 is 28.4. The Hall–Kier alpha value is -3.26. The summed E-state index contributed by atoms with van der Waals surface area (Å²) in [5.74, 6) is -0.217. The topological polar surface area (TPSA) is 75.3 Å². The van der Waals surface area contributed by atoms with Crippen LogP contribution in [0.1, 0.15) is 21.5 Å². The van der Waals surface area contributed by atoms with Crippen molar-refractivity contribution in [1.82, 2.24) is 4.72 Å². The number of anilines is 1. The van der Waals surface area contributed by atoms with E-state index in [-0.39, 0.29) is 16.7 Å². The maximum atomic E-state index is 12.7. The normalized spacial score (nSPS) is 11.3. The van der Waals surface area contributed by atoms with Gasteiger partial charge in [0.25, 0.3) is 5.91 Å². The van der Waals surface area contributed by atoms with Gasteiger partial charge in [0.05, 0.1) is 0 Å². The fourth-order valence-corrected chi connectivity index (χ4v) is 5.53. The number of thiophene rings is 1. The Balaban J connectivity index is 1.39. The lowest BCUT2D eigenvalue weighted by Gasteiger charge is -2.07. The summed E-state index contributed by atoms with van der Waals surface area (Å²) in [7, 11) is -3.63. The number of para-hydroxylation sites is 1. The van der Waals surface area contributed by atoms with Crippen LogP contribution in [0.15, 0.2) is 95.2 Å². The molecule has 1 heterocycles. The summed E-state index contributed by atoms with van der Waals surface area (Å²) in [6.07, 6.45) is 0. The van der Waals surface area contributed by atoms with Gasteiger partial charge in [-0.3, -0.25) is 4.79 Å². The SMILES string of the molecule is Cc1cccc(-c2ccc(S(=O)(=O)NCc3ccc(C(=O)Nc4ccccc4)cc3)s2)c1. The maximum Gasteiger partial charge on any atom is 0.255 e. The molecule has 0 aliphatic carbocycles. The molecule has 4 rings (SSSR count). The van der Waals surface area contributed by atoms with Crippen molar-refractivity contribution in [3.63, 3.8) is 0 Å². The lowest BCUT2D eigenvalue weighted by molar-refractivity contribution is 0.102. The lowest BCUT2D eigenvalue weighted by atomic mass is 10.1. The zero-order chi connectivity index (χ0) is 22.6. The first-order valence-electron chi connectivity index (χ1n) is 10.0. The molecule has 0 atom stereocenters. The van der Waals surface area contributed by atoms with Gasteiger partial charge >= 0.3 is 0 Å². The molecule has 0 saturated heterocycles. The van der Waals surface area contributed by atoms with Gasteiger partial charge in [0.2, 0.25) is 10.0 Å². The van der Waals surface area contributed by atoms with Crippen molar-refractivity contribution in [2.45, 2.75) is 17.7 Å². The van der Waals surface area contributed by atoms with Crippen LogP contribution in [0.25, 0.3) is 10.4 Å². The van der Waals surface area contributed by atoms with Crippen LogP contribution in [0.5, 0.6) is 0 Å².